The lowest BCUT2D eigenvalue weighted by molar-refractivity contribution is -0.137. The molecule has 168 valence electrons. The fourth-order valence-electron chi connectivity index (χ4n) is 3.19. The van der Waals surface area contributed by atoms with Gasteiger partial charge in [0.15, 0.2) is 0 Å². The zero-order valence-electron chi connectivity index (χ0n) is 17.6. The van der Waals surface area contributed by atoms with Crippen molar-refractivity contribution in [3.05, 3.63) is 87.3 Å². The smallest absolute Gasteiger partial charge is 0.416 e. The predicted octanol–water partition coefficient (Wildman–Crippen LogP) is 4.11. The molecule has 1 amide bonds. The van der Waals surface area contributed by atoms with Gasteiger partial charge in [0, 0.05) is 24.0 Å². The predicted molar refractivity (Wildman–Crippen MR) is 112 cm³/mol. The highest BCUT2D eigenvalue weighted by molar-refractivity contribution is 5.93. The van der Waals surface area contributed by atoms with Gasteiger partial charge in [-0.2, -0.15) is 13.2 Å². The van der Waals surface area contributed by atoms with Crippen molar-refractivity contribution >= 4 is 5.91 Å². The number of alkyl halides is 3. The lowest BCUT2D eigenvalue weighted by Gasteiger charge is -2.14. The van der Waals surface area contributed by atoms with Gasteiger partial charge in [-0.1, -0.05) is 6.07 Å². The van der Waals surface area contributed by atoms with Crippen LogP contribution in [0.25, 0.3) is 5.69 Å². The highest BCUT2D eigenvalue weighted by Gasteiger charge is 2.30. The van der Waals surface area contributed by atoms with E-state index in [-0.39, 0.29) is 17.8 Å². The van der Waals surface area contributed by atoms with E-state index in [2.05, 4.69) is 5.32 Å². The highest BCUT2D eigenvalue weighted by Crippen LogP contribution is 2.30. The molecule has 0 aliphatic rings. The Bertz CT molecular complexity index is 1180. The normalized spacial score (nSPS) is 11.2. The van der Waals surface area contributed by atoms with E-state index in [4.69, 9.17) is 9.47 Å². The number of amides is 1. The first-order chi connectivity index (χ1) is 15.1. The molecule has 1 aromatic heterocycles. The van der Waals surface area contributed by atoms with Gasteiger partial charge < -0.3 is 14.8 Å². The van der Waals surface area contributed by atoms with Crippen molar-refractivity contribution < 1.29 is 27.4 Å². The van der Waals surface area contributed by atoms with Crippen LogP contribution in [0, 0.1) is 6.92 Å². The quantitative estimate of drug-likeness (QED) is 0.619. The SMILES string of the molecule is COc1cc(CNC(=O)c2ccc(C)n(-c3cccc(C(F)(F)F)c3)c2=O)cc(OC)c1. The average molecular weight is 446 g/mol. The van der Waals surface area contributed by atoms with Gasteiger partial charge >= 0.3 is 6.18 Å². The molecule has 0 bridgehead atoms. The van der Waals surface area contributed by atoms with Crippen LogP contribution in [0.2, 0.25) is 0 Å². The molecule has 0 aliphatic carbocycles. The standard InChI is InChI=1S/C23H21F3N2O4/c1-14-7-8-20(21(29)27-13-15-9-18(31-2)12-19(10-15)32-3)22(30)28(14)17-6-4-5-16(11-17)23(24,25)26/h4-12H,13H2,1-3H3,(H,27,29). The Hall–Kier alpha value is -3.75. The molecule has 2 aromatic carbocycles. The molecule has 1 heterocycles. The monoisotopic (exact) mass is 446 g/mol. The summed E-state index contributed by atoms with van der Waals surface area (Å²) >= 11 is 0. The number of nitrogens with zero attached hydrogens (tertiary/aromatic N) is 1. The van der Waals surface area contributed by atoms with Crippen LogP contribution >= 0.6 is 0 Å². The summed E-state index contributed by atoms with van der Waals surface area (Å²) in [5.74, 6) is 0.421. The topological polar surface area (TPSA) is 69.6 Å². The number of ether oxygens (including phenoxy) is 2. The van der Waals surface area contributed by atoms with Crippen molar-refractivity contribution in [1.29, 1.82) is 0 Å². The first-order valence-electron chi connectivity index (χ1n) is 9.54. The Balaban J connectivity index is 1.91. The van der Waals surface area contributed by atoms with Crippen molar-refractivity contribution in [3.63, 3.8) is 0 Å². The van der Waals surface area contributed by atoms with Gasteiger partial charge in [0.05, 0.1) is 19.8 Å². The molecular weight excluding hydrogens is 425 g/mol. The third kappa shape index (κ3) is 4.93. The first-order valence-corrected chi connectivity index (χ1v) is 9.54. The Labute approximate surface area is 182 Å². The van der Waals surface area contributed by atoms with E-state index < -0.39 is 23.2 Å². The lowest BCUT2D eigenvalue weighted by atomic mass is 10.1. The van der Waals surface area contributed by atoms with Crippen LogP contribution in [0.3, 0.4) is 0 Å². The number of benzene rings is 2. The minimum atomic E-state index is -4.56. The summed E-state index contributed by atoms with van der Waals surface area (Å²) in [5, 5.41) is 2.65. The Morgan fingerprint density at radius 3 is 2.25 bits per heavy atom. The van der Waals surface area contributed by atoms with Gasteiger partial charge in [-0.25, -0.2) is 0 Å². The highest BCUT2D eigenvalue weighted by atomic mass is 19.4. The van der Waals surface area contributed by atoms with E-state index in [1.165, 1.54) is 38.5 Å². The molecule has 0 aliphatic heterocycles. The van der Waals surface area contributed by atoms with Crippen molar-refractivity contribution in [2.45, 2.75) is 19.6 Å². The molecule has 1 N–H and O–H groups in total. The fraction of sp³-hybridized carbons (Fsp3) is 0.217. The number of rotatable bonds is 6. The summed E-state index contributed by atoms with van der Waals surface area (Å²) < 4.78 is 50.7. The van der Waals surface area contributed by atoms with Crippen molar-refractivity contribution in [1.82, 2.24) is 9.88 Å². The molecule has 9 heteroatoms. The number of halogens is 3. The molecule has 0 fully saturated rings. The molecule has 3 aromatic rings. The second-order valence-electron chi connectivity index (χ2n) is 6.98. The number of methoxy groups -OCH3 is 2. The minimum absolute atomic E-state index is 0.0227. The summed E-state index contributed by atoms with van der Waals surface area (Å²) in [6.45, 7) is 1.66. The molecule has 3 rings (SSSR count). The number of aryl methyl sites for hydroxylation is 1. The number of carbonyl (C=O) groups is 1. The van der Waals surface area contributed by atoms with Crippen molar-refractivity contribution in [3.8, 4) is 17.2 Å². The van der Waals surface area contributed by atoms with Crippen LogP contribution in [0.5, 0.6) is 11.5 Å². The van der Waals surface area contributed by atoms with Crippen molar-refractivity contribution in [2.24, 2.45) is 0 Å². The first kappa shape index (κ1) is 22.9. The zero-order valence-corrected chi connectivity index (χ0v) is 17.6. The maximum absolute atomic E-state index is 13.1. The largest absolute Gasteiger partial charge is 0.497 e. The molecule has 6 nitrogen and oxygen atoms in total. The molecule has 32 heavy (non-hydrogen) atoms. The van der Waals surface area contributed by atoms with E-state index in [0.717, 1.165) is 16.7 Å². The second-order valence-corrected chi connectivity index (χ2v) is 6.98. The summed E-state index contributed by atoms with van der Waals surface area (Å²) in [4.78, 5) is 25.7. The lowest BCUT2D eigenvalue weighted by Crippen LogP contribution is -2.33. The average Bonchev–Trinajstić information content (AvgIpc) is 2.77. The number of nitrogens with one attached hydrogen (secondary N) is 1. The van der Waals surface area contributed by atoms with E-state index >= 15 is 0 Å². The van der Waals surface area contributed by atoms with Crippen LogP contribution in [0.1, 0.15) is 27.2 Å². The number of hydrogen-bond acceptors (Lipinski definition) is 4. The van der Waals surface area contributed by atoms with E-state index in [1.807, 2.05) is 0 Å². The molecule has 0 saturated heterocycles. The van der Waals surface area contributed by atoms with Gasteiger partial charge in [0.1, 0.15) is 17.1 Å². The zero-order chi connectivity index (χ0) is 23.5. The molecule has 0 unspecified atom stereocenters. The molecular formula is C23H21F3N2O4. The van der Waals surface area contributed by atoms with E-state index in [1.54, 1.807) is 25.1 Å². The van der Waals surface area contributed by atoms with E-state index in [0.29, 0.717) is 22.8 Å². The number of carbonyl (C=O) groups excluding carboxylic acids is 1. The maximum atomic E-state index is 13.1. The van der Waals surface area contributed by atoms with Crippen LogP contribution in [-0.2, 0) is 12.7 Å². The van der Waals surface area contributed by atoms with Gasteiger partial charge in [-0.15, -0.1) is 0 Å². The second kappa shape index (κ2) is 9.17. The molecule has 0 spiro atoms. The van der Waals surface area contributed by atoms with Crippen LogP contribution in [0.4, 0.5) is 13.2 Å². The summed E-state index contributed by atoms with van der Waals surface area (Å²) in [6, 6.07) is 12.3. The molecule has 0 radical (unpaired) electrons. The van der Waals surface area contributed by atoms with E-state index in [9.17, 15) is 22.8 Å². The maximum Gasteiger partial charge on any atom is 0.416 e. The number of hydrogen-bond donors (Lipinski definition) is 1. The number of pyridine rings is 1. The number of aromatic nitrogens is 1. The minimum Gasteiger partial charge on any atom is -0.497 e. The van der Waals surface area contributed by atoms with Gasteiger partial charge in [-0.3, -0.25) is 14.2 Å². The summed E-state index contributed by atoms with van der Waals surface area (Å²) in [5.41, 5.74) is -0.700. The van der Waals surface area contributed by atoms with Crippen molar-refractivity contribution in [2.75, 3.05) is 14.2 Å². The Morgan fingerprint density at radius 2 is 1.66 bits per heavy atom. The summed E-state index contributed by atoms with van der Waals surface area (Å²) in [6.07, 6.45) is -4.56. The molecule has 0 saturated carbocycles. The third-order valence-electron chi connectivity index (χ3n) is 4.82. The third-order valence-corrected chi connectivity index (χ3v) is 4.82. The van der Waals surface area contributed by atoms with Crippen LogP contribution < -0.4 is 20.3 Å². The summed E-state index contributed by atoms with van der Waals surface area (Å²) in [7, 11) is 3.00. The van der Waals surface area contributed by atoms with Gasteiger partial charge in [0.25, 0.3) is 11.5 Å². The Morgan fingerprint density at radius 1 is 1.00 bits per heavy atom. The van der Waals surface area contributed by atoms with Crippen LogP contribution in [0.15, 0.2) is 59.4 Å². The van der Waals surface area contributed by atoms with Crippen LogP contribution in [-0.4, -0.2) is 24.7 Å². The fourth-order valence-corrected chi connectivity index (χ4v) is 3.19. The van der Waals surface area contributed by atoms with Gasteiger partial charge in [-0.05, 0) is 55.0 Å². The molecule has 0 atom stereocenters. The van der Waals surface area contributed by atoms with Gasteiger partial charge in [0.2, 0.25) is 0 Å². The Kier molecular flexibility index (Phi) is 6.57.